The Morgan fingerprint density at radius 3 is 2.62 bits per heavy atom. The molecule has 1 aromatic heterocycles. The van der Waals surface area contributed by atoms with Crippen molar-refractivity contribution in [3.05, 3.63) is 58.5 Å². The normalized spacial score (nSPS) is 19.6. The maximum absolute atomic E-state index is 13.6. The Labute approximate surface area is 279 Å². The Morgan fingerprint density at radius 1 is 1.12 bits per heavy atom. The summed E-state index contributed by atoms with van der Waals surface area (Å²) in [5, 5.41) is 16.2. The average molecular weight is 687 g/mol. The lowest BCUT2D eigenvalue weighted by Gasteiger charge is -2.37. The summed E-state index contributed by atoms with van der Waals surface area (Å²) in [6, 6.07) is 9.73. The molecule has 13 nitrogen and oxygen atoms in total. The van der Waals surface area contributed by atoms with Crippen LogP contribution in [0.5, 0.6) is 5.75 Å². The first kappa shape index (κ1) is 34.2. The molecule has 0 aliphatic carbocycles. The van der Waals surface area contributed by atoms with Crippen LogP contribution in [0.4, 0.5) is 29.7 Å². The van der Waals surface area contributed by atoms with E-state index >= 15 is 0 Å². The number of halogens is 3. The van der Waals surface area contributed by atoms with Crippen molar-refractivity contribution in [3.8, 4) is 23.1 Å². The number of cyclic esters (lactones) is 1. The van der Waals surface area contributed by atoms with Crippen LogP contribution < -0.4 is 15.4 Å². The van der Waals surface area contributed by atoms with Gasteiger partial charge in [0.05, 0.1) is 26.0 Å². The number of imidazole rings is 1. The number of carbonyl (C=O) groups excluding carboxylic acids is 3. The number of alkyl halides is 2. The van der Waals surface area contributed by atoms with E-state index in [1.807, 2.05) is 0 Å². The van der Waals surface area contributed by atoms with E-state index in [4.69, 9.17) is 25.8 Å². The molecule has 3 atom stereocenters. The number of aromatic nitrogens is 2. The van der Waals surface area contributed by atoms with Crippen LogP contribution in [0, 0.1) is 11.3 Å². The number of anilines is 2. The molecule has 1 saturated heterocycles. The number of nitrogens with zero attached hydrogens (tertiary/aromatic N) is 3. The minimum atomic E-state index is -3.08. The number of rotatable bonds is 6. The van der Waals surface area contributed by atoms with Crippen molar-refractivity contribution >= 4 is 41.1 Å². The van der Waals surface area contributed by atoms with Crippen LogP contribution in [0.2, 0.25) is 5.02 Å². The highest BCUT2D eigenvalue weighted by Gasteiger charge is 2.37. The molecular formula is C32H33ClF2N6O7. The van der Waals surface area contributed by atoms with Crippen LogP contribution >= 0.6 is 11.6 Å². The molecule has 2 aliphatic heterocycles. The van der Waals surface area contributed by atoms with Gasteiger partial charge in [-0.3, -0.25) is 10.2 Å². The number of esters is 1. The van der Waals surface area contributed by atoms with E-state index in [-0.39, 0.29) is 35.0 Å². The number of hydrogen-bond acceptors (Lipinski definition) is 10. The SMILES string of the molecule is COC(=O)Nc1ccc2c(c1)N[C@@H](C(=O)OC)CCCCC[C@H](N1CCC(c3cc(Cl)ccc3OC(F)F)OC1=O)c1nc(C#N)c-2[nH]1. The number of hydrogen-bond donors (Lipinski definition) is 3. The van der Waals surface area contributed by atoms with Crippen LogP contribution in [0.3, 0.4) is 0 Å². The molecule has 3 N–H and O–H groups in total. The zero-order valence-electron chi connectivity index (χ0n) is 26.1. The maximum Gasteiger partial charge on any atom is 0.411 e. The van der Waals surface area contributed by atoms with Crippen LogP contribution in [0.1, 0.15) is 67.8 Å². The molecule has 2 amide bonds. The van der Waals surface area contributed by atoms with Crippen LogP contribution in [-0.4, -0.2) is 66.4 Å². The van der Waals surface area contributed by atoms with E-state index in [2.05, 4.69) is 31.4 Å². The summed E-state index contributed by atoms with van der Waals surface area (Å²) in [6.45, 7) is -2.90. The molecule has 2 aromatic carbocycles. The van der Waals surface area contributed by atoms with Gasteiger partial charge < -0.3 is 29.2 Å². The third kappa shape index (κ3) is 7.71. The monoisotopic (exact) mass is 686 g/mol. The van der Waals surface area contributed by atoms with Gasteiger partial charge in [-0.25, -0.2) is 19.4 Å². The Kier molecular flexibility index (Phi) is 10.8. The second kappa shape index (κ2) is 15.2. The smallest absolute Gasteiger partial charge is 0.411 e. The summed E-state index contributed by atoms with van der Waals surface area (Å²) in [7, 11) is 2.52. The highest BCUT2D eigenvalue weighted by molar-refractivity contribution is 6.30. The van der Waals surface area contributed by atoms with E-state index in [9.17, 15) is 28.4 Å². The summed E-state index contributed by atoms with van der Waals surface area (Å²) >= 11 is 6.13. The van der Waals surface area contributed by atoms with Crippen molar-refractivity contribution in [2.45, 2.75) is 63.3 Å². The molecule has 0 spiro atoms. The van der Waals surface area contributed by atoms with Crippen molar-refractivity contribution in [1.29, 1.82) is 5.26 Å². The Hall–Kier alpha value is -5.10. The topological polar surface area (TPSA) is 168 Å². The molecule has 2 bridgehead atoms. The number of aromatic amines is 1. The largest absolute Gasteiger partial charge is 0.467 e. The standard InChI is InChI=1S/C32H33ClF2N6O7/c1-45-29(42)21-6-4-3-5-7-24(41-13-12-26(48-32(41)44)20-14-17(33)8-11-25(20)47-30(34)35)28-39-23(16-36)27(40-28)19-10-9-18(15-22(19)38-21)37-31(43)46-2/h8-11,14-15,21,24,26,30,38H,3-7,12-13H2,1-2H3,(H,37,43)(H,39,40)/t21-,24+,26?/m1/s1. The average Bonchev–Trinajstić information content (AvgIpc) is 3.50. The quantitative estimate of drug-likeness (QED) is 0.183. The van der Waals surface area contributed by atoms with Gasteiger partial charge >= 0.3 is 24.8 Å². The maximum atomic E-state index is 13.6. The van der Waals surface area contributed by atoms with E-state index in [1.54, 1.807) is 18.2 Å². The van der Waals surface area contributed by atoms with Crippen LogP contribution in [0.25, 0.3) is 11.3 Å². The number of ether oxygens (including phenoxy) is 4. The molecular weight excluding hydrogens is 654 g/mol. The molecule has 2 aliphatic rings. The second-order valence-corrected chi connectivity index (χ2v) is 11.6. The van der Waals surface area contributed by atoms with Gasteiger partial charge in [-0.1, -0.05) is 30.9 Å². The first-order valence-electron chi connectivity index (χ1n) is 15.2. The van der Waals surface area contributed by atoms with E-state index in [0.717, 1.165) is 0 Å². The Bertz CT molecular complexity index is 1710. The van der Waals surface area contributed by atoms with Crippen molar-refractivity contribution in [2.24, 2.45) is 0 Å². The zero-order chi connectivity index (χ0) is 34.4. The molecule has 48 heavy (non-hydrogen) atoms. The number of nitriles is 1. The lowest BCUT2D eigenvalue weighted by atomic mass is 10.0. The van der Waals surface area contributed by atoms with Crippen LogP contribution in [0.15, 0.2) is 36.4 Å². The van der Waals surface area contributed by atoms with Gasteiger partial charge in [-0.2, -0.15) is 14.0 Å². The number of amides is 2. The van der Waals surface area contributed by atoms with Crippen molar-refractivity contribution in [1.82, 2.24) is 14.9 Å². The first-order chi connectivity index (χ1) is 23.1. The number of carbonyl (C=O) groups is 3. The molecule has 3 aromatic rings. The number of H-pyrrole nitrogens is 1. The lowest BCUT2D eigenvalue weighted by Crippen LogP contribution is -2.42. The summed E-state index contributed by atoms with van der Waals surface area (Å²) in [5.41, 5.74) is 1.83. The predicted molar refractivity (Wildman–Crippen MR) is 169 cm³/mol. The van der Waals surface area contributed by atoms with Gasteiger partial charge in [0.2, 0.25) is 0 Å². The molecule has 3 heterocycles. The summed E-state index contributed by atoms with van der Waals surface area (Å²) in [5.74, 6) is -0.286. The number of fused-ring (bicyclic) bond motifs is 4. The highest BCUT2D eigenvalue weighted by atomic mass is 35.5. The number of benzene rings is 2. The van der Waals surface area contributed by atoms with Crippen molar-refractivity contribution < 1.29 is 42.1 Å². The fourth-order valence-corrected chi connectivity index (χ4v) is 6.09. The Morgan fingerprint density at radius 2 is 1.92 bits per heavy atom. The summed E-state index contributed by atoms with van der Waals surface area (Å²) in [6.07, 6.45) is 0.759. The van der Waals surface area contributed by atoms with Gasteiger partial charge in [0.25, 0.3) is 0 Å². The lowest BCUT2D eigenvalue weighted by molar-refractivity contribution is -0.141. The number of nitrogens with one attached hydrogen (secondary N) is 3. The van der Waals surface area contributed by atoms with E-state index in [0.29, 0.717) is 60.6 Å². The molecule has 16 heteroatoms. The minimum Gasteiger partial charge on any atom is -0.467 e. The van der Waals surface area contributed by atoms with Gasteiger partial charge in [0.15, 0.2) is 5.69 Å². The fraction of sp³-hybridized carbons (Fsp3) is 0.406. The fourth-order valence-electron chi connectivity index (χ4n) is 5.91. The van der Waals surface area contributed by atoms with E-state index in [1.165, 1.54) is 37.3 Å². The highest BCUT2D eigenvalue weighted by Crippen LogP contribution is 2.40. The van der Waals surface area contributed by atoms with Crippen molar-refractivity contribution in [2.75, 3.05) is 31.4 Å². The van der Waals surface area contributed by atoms with Crippen LogP contribution in [-0.2, 0) is 19.0 Å². The van der Waals surface area contributed by atoms with Crippen molar-refractivity contribution in [3.63, 3.8) is 0 Å². The molecule has 5 rings (SSSR count). The number of methoxy groups -OCH3 is 2. The molecule has 0 radical (unpaired) electrons. The molecule has 1 unspecified atom stereocenters. The zero-order valence-corrected chi connectivity index (χ0v) is 26.8. The van der Waals surface area contributed by atoms with Gasteiger partial charge in [0.1, 0.15) is 29.8 Å². The van der Waals surface area contributed by atoms with Gasteiger partial charge in [-0.15, -0.1) is 0 Å². The molecule has 254 valence electrons. The first-order valence-corrected chi connectivity index (χ1v) is 15.5. The third-order valence-corrected chi connectivity index (χ3v) is 8.41. The third-order valence-electron chi connectivity index (χ3n) is 8.17. The predicted octanol–water partition coefficient (Wildman–Crippen LogP) is 6.92. The Balaban J connectivity index is 1.50. The second-order valence-electron chi connectivity index (χ2n) is 11.1. The van der Waals surface area contributed by atoms with Gasteiger partial charge in [0, 0.05) is 40.5 Å². The van der Waals surface area contributed by atoms with Gasteiger partial charge in [-0.05, 0) is 49.2 Å². The minimum absolute atomic E-state index is 0.0365. The van der Waals surface area contributed by atoms with E-state index < -0.39 is 43.0 Å². The molecule has 0 saturated carbocycles. The summed E-state index contributed by atoms with van der Waals surface area (Å²) < 4.78 is 46.4. The molecule has 1 fully saturated rings. The summed E-state index contributed by atoms with van der Waals surface area (Å²) in [4.78, 5) is 47.6.